The summed E-state index contributed by atoms with van der Waals surface area (Å²) < 4.78 is 16.6. The topological polar surface area (TPSA) is 72.7 Å². The van der Waals surface area contributed by atoms with Crippen LogP contribution in [0.5, 0.6) is 0 Å². The van der Waals surface area contributed by atoms with Gasteiger partial charge in [-0.25, -0.2) is 9.37 Å². The first kappa shape index (κ1) is 19.6. The lowest BCUT2D eigenvalue weighted by Crippen LogP contribution is -2.13. The lowest BCUT2D eigenvalue weighted by Gasteiger charge is -2.10. The van der Waals surface area contributed by atoms with Gasteiger partial charge in [-0.2, -0.15) is 0 Å². The third kappa shape index (κ3) is 3.98. The quantitative estimate of drug-likeness (QED) is 0.481. The zero-order valence-electron chi connectivity index (χ0n) is 16.7. The van der Waals surface area contributed by atoms with E-state index >= 15 is 0 Å². The van der Waals surface area contributed by atoms with Gasteiger partial charge in [-0.05, 0) is 31.0 Å². The Labute approximate surface area is 182 Å². The third-order valence-corrected chi connectivity index (χ3v) is 6.23. The number of aryl methyl sites for hydroxylation is 1. The molecular formula is C23H20FN5OS. The van der Waals surface area contributed by atoms with E-state index in [2.05, 4.69) is 25.1 Å². The van der Waals surface area contributed by atoms with Crippen LogP contribution in [0.25, 0.3) is 22.0 Å². The molecule has 4 aromatic rings. The van der Waals surface area contributed by atoms with Crippen molar-refractivity contribution in [1.29, 1.82) is 0 Å². The van der Waals surface area contributed by atoms with Crippen LogP contribution in [0.15, 0.2) is 53.9 Å². The molecule has 6 nitrogen and oxygen atoms in total. The predicted molar refractivity (Wildman–Crippen MR) is 118 cm³/mol. The van der Waals surface area contributed by atoms with Gasteiger partial charge in [-0.15, -0.1) is 21.5 Å². The third-order valence-electron chi connectivity index (χ3n) is 5.34. The van der Waals surface area contributed by atoms with E-state index in [9.17, 15) is 9.18 Å². The van der Waals surface area contributed by atoms with Gasteiger partial charge in [0.1, 0.15) is 22.3 Å². The number of nitrogens with one attached hydrogen (secondary N) is 1. The Morgan fingerprint density at radius 1 is 1.03 bits per heavy atom. The number of hydrogen-bond donors (Lipinski definition) is 1. The van der Waals surface area contributed by atoms with E-state index in [1.807, 2.05) is 30.3 Å². The first-order valence-electron chi connectivity index (χ1n) is 10.2. The van der Waals surface area contributed by atoms with Gasteiger partial charge in [-0.1, -0.05) is 36.8 Å². The van der Waals surface area contributed by atoms with Gasteiger partial charge < -0.3 is 9.88 Å². The molecule has 2 aromatic carbocycles. The van der Waals surface area contributed by atoms with Crippen LogP contribution in [0.1, 0.15) is 35.6 Å². The maximum atomic E-state index is 14.5. The second-order valence-electron chi connectivity index (χ2n) is 7.45. The molecule has 156 valence electrons. The van der Waals surface area contributed by atoms with Crippen LogP contribution in [-0.4, -0.2) is 25.7 Å². The minimum atomic E-state index is -0.508. The van der Waals surface area contributed by atoms with Crippen molar-refractivity contribution in [2.45, 2.75) is 32.2 Å². The molecule has 31 heavy (non-hydrogen) atoms. The fourth-order valence-electron chi connectivity index (χ4n) is 3.74. The minimum Gasteiger partial charge on any atom is -0.318 e. The molecule has 1 aliphatic rings. The fraction of sp³-hybridized carbons (Fsp3) is 0.217. The zero-order valence-corrected chi connectivity index (χ0v) is 17.5. The molecule has 2 aromatic heterocycles. The molecule has 0 saturated heterocycles. The van der Waals surface area contributed by atoms with Crippen LogP contribution >= 0.6 is 11.3 Å². The molecule has 0 radical (unpaired) electrons. The molecular weight excluding hydrogens is 413 g/mol. The molecule has 0 bridgehead atoms. The van der Waals surface area contributed by atoms with Gasteiger partial charge in [0, 0.05) is 29.5 Å². The molecule has 0 saturated carbocycles. The van der Waals surface area contributed by atoms with Gasteiger partial charge in [0.05, 0.1) is 5.69 Å². The van der Waals surface area contributed by atoms with Crippen molar-refractivity contribution in [3.05, 3.63) is 71.2 Å². The highest BCUT2D eigenvalue weighted by molar-refractivity contribution is 7.13. The Morgan fingerprint density at radius 2 is 1.90 bits per heavy atom. The lowest BCUT2D eigenvalue weighted by atomic mass is 10.1. The number of anilines is 1. The molecule has 0 spiro atoms. The average molecular weight is 434 g/mol. The van der Waals surface area contributed by atoms with E-state index in [1.54, 1.807) is 17.5 Å². The van der Waals surface area contributed by atoms with Crippen molar-refractivity contribution < 1.29 is 9.18 Å². The van der Waals surface area contributed by atoms with Crippen LogP contribution in [-0.2, 0) is 13.0 Å². The van der Waals surface area contributed by atoms with Crippen molar-refractivity contribution in [1.82, 2.24) is 19.7 Å². The molecule has 1 amide bonds. The molecule has 8 heteroatoms. The van der Waals surface area contributed by atoms with E-state index < -0.39 is 11.7 Å². The summed E-state index contributed by atoms with van der Waals surface area (Å²) in [4.78, 5) is 17.1. The first-order chi connectivity index (χ1) is 15.2. The average Bonchev–Trinajstić information content (AvgIpc) is 3.38. The second-order valence-corrected chi connectivity index (χ2v) is 8.31. The predicted octanol–water partition coefficient (Wildman–Crippen LogP) is 5.19. The molecule has 0 atom stereocenters. The number of aromatic nitrogens is 4. The normalized spacial score (nSPS) is 13.5. The van der Waals surface area contributed by atoms with Gasteiger partial charge >= 0.3 is 0 Å². The molecule has 0 fully saturated rings. The molecule has 0 aliphatic carbocycles. The van der Waals surface area contributed by atoms with E-state index in [-0.39, 0.29) is 11.4 Å². The highest BCUT2D eigenvalue weighted by Gasteiger charge is 2.19. The summed E-state index contributed by atoms with van der Waals surface area (Å²) in [6.45, 7) is 0.845. The summed E-state index contributed by atoms with van der Waals surface area (Å²) in [7, 11) is 0. The summed E-state index contributed by atoms with van der Waals surface area (Å²) in [6, 6.07) is 14.3. The lowest BCUT2D eigenvalue weighted by molar-refractivity contribution is 0.102. The molecule has 3 heterocycles. The van der Waals surface area contributed by atoms with Crippen LogP contribution in [0.3, 0.4) is 0 Å². The van der Waals surface area contributed by atoms with Gasteiger partial charge in [0.15, 0.2) is 5.82 Å². The van der Waals surface area contributed by atoms with Crippen molar-refractivity contribution in [3.8, 4) is 22.0 Å². The fourth-order valence-corrected chi connectivity index (χ4v) is 4.54. The summed E-state index contributed by atoms with van der Waals surface area (Å²) in [5, 5.41) is 13.7. The second kappa shape index (κ2) is 8.39. The van der Waals surface area contributed by atoms with Crippen LogP contribution in [0.4, 0.5) is 10.1 Å². The summed E-state index contributed by atoms with van der Waals surface area (Å²) in [5.74, 6) is 0.700. The van der Waals surface area contributed by atoms with Crippen LogP contribution in [0, 0.1) is 5.82 Å². The number of carbonyl (C=O) groups excluding carboxylic acids is 1. The van der Waals surface area contributed by atoms with E-state index in [1.165, 1.54) is 17.4 Å². The van der Waals surface area contributed by atoms with Gasteiger partial charge in [0.25, 0.3) is 5.91 Å². The highest BCUT2D eigenvalue weighted by atomic mass is 32.1. The molecule has 1 aliphatic heterocycles. The summed E-state index contributed by atoms with van der Waals surface area (Å²) in [5.41, 5.74) is 2.01. The van der Waals surface area contributed by atoms with Crippen molar-refractivity contribution in [2.24, 2.45) is 0 Å². The first-order valence-corrected chi connectivity index (χ1v) is 11.1. The maximum absolute atomic E-state index is 14.5. The Balaban J connectivity index is 1.40. The highest BCUT2D eigenvalue weighted by Crippen LogP contribution is 2.28. The number of fused-ring (bicyclic) bond motifs is 1. The van der Waals surface area contributed by atoms with Gasteiger partial charge in [0.2, 0.25) is 0 Å². The summed E-state index contributed by atoms with van der Waals surface area (Å²) in [6.07, 6.45) is 4.22. The molecule has 5 rings (SSSR count). The van der Waals surface area contributed by atoms with Gasteiger partial charge in [-0.3, -0.25) is 4.79 Å². The van der Waals surface area contributed by atoms with Crippen molar-refractivity contribution >= 4 is 22.9 Å². The Morgan fingerprint density at radius 3 is 2.77 bits per heavy atom. The van der Waals surface area contributed by atoms with Crippen LogP contribution in [0.2, 0.25) is 0 Å². The van der Waals surface area contributed by atoms with E-state index in [0.717, 1.165) is 54.2 Å². The molecule has 0 unspecified atom stereocenters. The Kier molecular flexibility index (Phi) is 5.30. The largest absolute Gasteiger partial charge is 0.318 e. The summed E-state index contributed by atoms with van der Waals surface area (Å²) >= 11 is 1.38. The smallest absolute Gasteiger partial charge is 0.275 e. The minimum absolute atomic E-state index is 0.0998. The number of nitrogens with zero attached hydrogens (tertiary/aromatic N) is 4. The monoisotopic (exact) mass is 433 g/mol. The SMILES string of the molecule is O=C(Nc1cc(-c2nnc3n2CCCCC3)ccc1F)c1csc(-c2ccccc2)n1. The van der Waals surface area contributed by atoms with Crippen LogP contribution < -0.4 is 5.32 Å². The van der Waals surface area contributed by atoms with E-state index in [0.29, 0.717) is 5.82 Å². The van der Waals surface area contributed by atoms with E-state index in [4.69, 9.17) is 0 Å². The number of benzene rings is 2. The standard InChI is InChI=1S/C23H20FN5OS/c24-17-11-10-16(21-28-27-20-9-5-2-6-12-29(20)21)13-18(17)25-22(30)19-14-31-23(26-19)15-7-3-1-4-8-15/h1,3-4,7-8,10-11,13-14H,2,5-6,9,12H2,(H,25,30). The number of rotatable bonds is 4. The maximum Gasteiger partial charge on any atom is 0.275 e. The number of carbonyl (C=O) groups is 1. The van der Waals surface area contributed by atoms with Crippen molar-refractivity contribution in [3.63, 3.8) is 0 Å². The Hall–Kier alpha value is -3.39. The molecule has 1 N–H and O–H groups in total. The number of hydrogen-bond acceptors (Lipinski definition) is 5. The number of amides is 1. The zero-order chi connectivity index (χ0) is 21.2. The number of thiazole rings is 1. The Bertz CT molecular complexity index is 1230. The van der Waals surface area contributed by atoms with Crippen molar-refractivity contribution in [2.75, 3.05) is 5.32 Å². The number of halogens is 1.